The van der Waals surface area contributed by atoms with Crippen molar-refractivity contribution in [1.82, 2.24) is 5.32 Å². The van der Waals surface area contributed by atoms with Gasteiger partial charge in [0.15, 0.2) is 0 Å². The Balaban J connectivity index is 2.12. The summed E-state index contributed by atoms with van der Waals surface area (Å²) >= 11 is 0. The summed E-state index contributed by atoms with van der Waals surface area (Å²) in [6.45, 7) is 8.09. The summed E-state index contributed by atoms with van der Waals surface area (Å²) in [6, 6.07) is 19.8. The van der Waals surface area contributed by atoms with Crippen LogP contribution in [0, 0.1) is 0 Å². The predicted octanol–water partition coefficient (Wildman–Crippen LogP) is 4.58. The van der Waals surface area contributed by atoms with Crippen molar-refractivity contribution < 1.29 is 0 Å². The molecule has 1 N–H and O–H groups in total. The first-order chi connectivity index (χ1) is 9.20. The Kier molecular flexibility index (Phi) is 4.53. The van der Waals surface area contributed by atoms with Crippen molar-refractivity contribution in [2.24, 2.45) is 0 Å². The van der Waals surface area contributed by atoms with Crippen molar-refractivity contribution in [2.45, 2.75) is 25.9 Å². The Morgan fingerprint density at radius 2 is 1.47 bits per heavy atom. The SMILES string of the molecule is C=CC(C)NC(C)c1ccc(-c2ccccc2)cc1. The molecule has 0 saturated heterocycles. The standard InChI is InChI=1S/C18H21N/c1-4-14(2)19-15(3)16-10-12-18(13-11-16)17-8-6-5-7-9-17/h4-15,19H,1H2,2-3H3. The molecule has 2 aromatic carbocycles. The Hall–Kier alpha value is -1.86. The van der Waals surface area contributed by atoms with Crippen molar-refractivity contribution in [2.75, 3.05) is 0 Å². The van der Waals surface area contributed by atoms with E-state index in [1.54, 1.807) is 0 Å². The van der Waals surface area contributed by atoms with E-state index in [-0.39, 0.29) is 0 Å². The van der Waals surface area contributed by atoms with Crippen LogP contribution in [0.25, 0.3) is 11.1 Å². The molecule has 0 aliphatic rings. The minimum absolute atomic E-state index is 0.323. The summed E-state index contributed by atoms with van der Waals surface area (Å²) < 4.78 is 0. The number of hydrogen-bond acceptors (Lipinski definition) is 1. The molecule has 1 nitrogen and oxygen atoms in total. The number of benzene rings is 2. The van der Waals surface area contributed by atoms with Gasteiger partial charge in [-0.3, -0.25) is 0 Å². The van der Waals surface area contributed by atoms with Gasteiger partial charge in [0, 0.05) is 12.1 Å². The molecule has 0 spiro atoms. The maximum absolute atomic E-state index is 3.80. The zero-order chi connectivity index (χ0) is 13.7. The zero-order valence-electron chi connectivity index (χ0n) is 11.6. The molecule has 2 aromatic rings. The second-order valence-corrected chi connectivity index (χ2v) is 4.90. The lowest BCUT2D eigenvalue weighted by molar-refractivity contribution is 0.537. The van der Waals surface area contributed by atoms with Gasteiger partial charge in [0.2, 0.25) is 0 Å². The van der Waals surface area contributed by atoms with Crippen LogP contribution >= 0.6 is 0 Å². The van der Waals surface area contributed by atoms with Gasteiger partial charge in [-0.25, -0.2) is 0 Å². The van der Waals surface area contributed by atoms with Crippen LogP contribution in [0.2, 0.25) is 0 Å². The molecule has 0 heterocycles. The lowest BCUT2D eigenvalue weighted by Crippen LogP contribution is -2.26. The maximum Gasteiger partial charge on any atom is 0.0297 e. The molecule has 0 radical (unpaired) electrons. The molecule has 0 fully saturated rings. The van der Waals surface area contributed by atoms with Crippen molar-refractivity contribution >= 4 is 0 Å². The van der Waals surface area contributed by atoms with Crippen LogP contribution < -0.4 is 5.32 Å². The quantitative estimate of drug-likeness (QED) is 0.767. The van der Waals surface area contributed by atoms with Gasteiger partial charge in [-0.2, -0.15) is 0 Å². The van der Waals surface area contributed by atoms with E-state index >= 15 is 0 Å². The fourth-order valence-corrected chi connectivity index (χ4v) is 2.15. The van der Waals surface area contributed by atoms with Crippen molar-refractivity contribution in [3.63, 3.8) is 0 Å². The van der Waals surface area contributed by atoms with Crippen LogP contribution in [0.3, 0.4) is 0 Å². The van der Waals surface area contributed by atoms with Crippen LogP contribution in [0.5, 0.6) is 0 Å². The average Bonchev–Trinajstić information content (AvgIpc) is 2.48. The van der Waals surface area contributed by atoms with Crippen LogP contribution in [-0.4, -0.2) is 6.04 Å². The Morgan fingerprint density at radius 1 is 0.895 bits per heavy atom. The second-order valence-electron chi connectivity index (χ2n) is 4.90. The van der Waals surface area contributed by atoms with E-state index < -0.39 is 0 Å². The minimum Gasteiger partial charge on any atom is -0.304 e. The van der Waals surface area contributed by atoms with E-state index in [2.05, 4.69) is 74.3 Å². The van der Waals surface area contributed by atoms with Gasteiger partial charge >= 0.3 is 0 Å². The van der Waals surface area contributed by atoms with Crippen LogP contribution in [0.15, 0.2) is 67.3 Å². The summed E-state index contributed by atoms with van der Waals surface area (Å²) in [5.41, 5.74) is 3.82. The average molecular weight is 251 g/mol. The van der Waals surface area contributed by atoms with Gasteiger partial charge in [0.25, 0.3) is 0 Å². The van der Waals surface area contributed by atoms with E-state index in [9.17, 15) is 0 Å². The number of hydrogen-bond donors (Lipinski definition) is 1. The first kappa shape index (κ1) is 13.6. The van der Waals surface area contributed by atoms with Crippen LogP contribution in [0.1, 0.15) is 25.5 Å². The molecular weight excluding hydrogens is 230 g/mol. The van der Waals surface area contributed by atoms with E-state index in [0.717, 1.165) is 0 Å². The highest BCUT2D eigenvalue weighted by atomic mass is 14.9. The molecule has 0 bridgehead atoms. The molecule has 98 valence electrons. The lowest BCUT2D eigenvalue weighted by atomic mass is 10.0. The molecule has 19 heavy (non-hydrogen) atoms. The minimum atomic E-state index is 0.323. The van der Waals surface area contributed by atoms with Crippen molar-refractivity contribution in [1.29, 1.82) is 0 Å². The van der Waals surface area contributed by atoms with Crippen LogP contribution in [0.4, 0.5) is 0 Å². The monoisotopic (exact) mass is 251 g/mol. The van der Waals surface area contributed by atoms with Gasteiger partial charge in [0.05, 0.1) is 0 Å². The van der Waals surface area contributed by atoms with Crippen molar-refractivity contribution in [3.05, 3.63) is 72.8 Å². The lowest BCUT2D eigenvalue weighted by Gasteiger charge is -2.18. The smallest absolute Gasteiger partial charge is 0.0297 e. The number of rotatable bonds is 5. The Morgan fingerprint density at radius 3 is 2.05 bits per heavy atom. The first-order valence-corrected chi connectivity index (χ1v) is 6.74. The molecule has 2 rings (SSSR count). The van der Waals surface area contributed by atoms with Gasteiger partial charge in [-0.15, -0.1) is 6.58 Å². The first-order valence-electron chi connectivity index (χ1n) is 6.74. The Bertz CT molecular complexity index is 513. The molecule has 1 heteroatoms. The molecular formula is C18H21N. The number of nitrogens with one attached hydrogen (secondary N) is 1. The predicted molar refractivity (Wildman–Crippen MR) is 83.1 cm³/mol. The second kappa shape index (κ2) is 6.35. The molecule has 0 saturated carbocycles. The van der Waals surface area contributed by atoms with E-state index in [1.165, 1.54) is 16.7 Å². The van der Waals surface area contributed by atoms with Crippen molar-refractivity contribution in [3.8, 4) is 11.1 Å². The van der Waals surface area contributed by atoms with Gasteiger partial charge in [-0.05, 0) is 30.5 Å². The Labute approximate surface area is 116 Å². The maximum atomic E-state index is 3.80. The fourth-order valence-electron chi connectivity index (χ4n) is 2.15. The molecule has 2 unspecified atom stereocenters. The van der Waals surface area contributed by atoms with E-state index in [1.807, 2.05) is 12.1 Å². The third-order valence-electron chi connectivity index (χ3n) is 3.38. The summed E-state index contributed by atoms with van der Waals surface area (Å²) in [7, 11) is 0. The third-order valence-corrected chi connectivity index (χ3v) is 3.38. The summed E-state index contributed by atoms with van der Waals surface area (Å²) in [5.74, 6) is 0. The van der Waals surface area contributed by atoms with Gasteiger partial charge < -0.3 is 5.32 Å². The van der Waals surface area contributed by atoms with E-state index in [4.69, 9.17) is 0 Å². The molecule has 0 aliphatic carbocycles. The topological polar surface area (TPSA) is 12.0 Å². The summed E-state index contributed by atoms with van der Waals surface area (Å²) in [5, 5.41) is 3.49. The third kappa shape index (κ3) is 3.55. The molecule has 0 aliphatic heterocycles. The largest absolute Gasteiger partial charge is 0.304 e. The molecule has 2 atom stereocenters. The normalized spacial score (nSPS) is 13.8. The van der Waals surface area contributed by atoms with E-state index in [0.29, 0.717) is 12.1 Å². The molecule has 0 amide bonds. The fraction of sp³-hybridized carbons (Fsp3) is 0.222. The summed E-state index contributed by atoms with van der Waals surface area (Å²) in [4.78, 5) is 0. The highest BCUT2D eigenvalue weighted by Crippen LogP contribution is 2.21. The highest BCUT2D eigenvalue weighted by molar-refractivity contribution is 5.63. The highest BCUT2D eigenvalue weighted by Gasteiger charge is 2.07. The van der Waals surface area contributed by atoms with Crippen LogP contribution in [-0.2, 0) is 0 Å². The van der Waals surface area contributed by atoms with Gasteiger partial charge in [0.1, 0.15) is 0 Å². The molecule has 0 aromatic heterocycles. The zero-order valence-corrected chi connectivity index (χ0v) is 11.6. The van der Waals surface area contributed by atoms with Gasteiger partial charge in [-0.1, -0.05) is 60.7 Å². The summed E-state index contributed by atoms with van der Waals surface area (Å²) in [6.07, 6.45) is 1.93.